The van der Waals surface area contributed by atoms with Crippen molar-refractivity contribution in [3.63, 3.8) is 0 Å². The van der Waals surface area contributed by atoms with Crippen molar-refractivity contribution in [3.8, 4) is 44.5 Å². The second-order valence-electron chi connectivity index (χ2n) is 19.6. The molecule has 0 aromatic heterocycles. The fourth-order valence-electron chi connectivity index (χ4n) is 12.1. The Labute approximate surface area is 408 Å². The van der Waals surface area contributed by atoms with Crippen molar-refractivity contribution in [2.75, 3.05) is 4.90 Å². The van der Waals surface area contributed by atoms with E-state index >= 15 is 0 Å². The normalized spacial score (nSPS) is 12.8. The van der Waals surface area contributed by atoms with Gasteiger partial charge in [-0.15, -0.1) is 0 Å². The van der Waals surface area contributed by atoms with Crippen molar-refractivity contribution in [1.29, 1.82) is 0 Å². The molecule has 0 saturated carbocycles. The van der Waals surface area contributed by atoms with Crippen LogP contribution in [0.3, 0.4) is 0 Å². The maximum Gasteiger partial charge on any atom is 0.0546 e. The van der Waals surface area contributed by atoms with Gasteiger partial charge in [0.1, 0.15) is 0 Å². The molecule has 14 rings (SSSR count). The molecule has 0 fully saturated rings. The van der Waals surface area contributed by atoms with Gasteiger partial charge in [-0.1, -0.05) is 226 Å². The molecule has 1 heteroatoms. The molecule has 13 aromatic rings. The molecular formula is C69H47N. The zero-order valence-corrected chi connectivity index (χ0v) is 39.1. The smallest absolute Gasteiger partial charge is 0.0546 e. The molecule has 0 radical (unpaired) electrons. The molecule has 70 heavy (non-hydrogen) atoms. The predicted octanol–water partition coefficient (Wildman–Crippen LogP) is 19.4. The van der Waals surface area contributed by atoms with Crippen molar-refractivity contribution >= 4 is 81.7 Å². The van der Waals surface area contributed by atoms with Crippen LogP contribution in [0.2, 0.25) is 0 Å². The molecule has 0 heterocycles. The summed E-state index contributed by atoms with van der Waals surface area (Å²) in [4.78, 5) is 2.60. The number of nitrogens with zero attached hydrogens (tertiary/aromatic N) is 1. The Morgan fingerprint density at radius 3 is 1.64 bits per heavy atom. The lowest BCUT2D eigenvalue weighted by Crippen LogP contribution is -2.16. The predicted molar refractivity (Wildman–Crippen MR) is 300 cm³/mol. The molecule has 0 saturated heterocycles. The van der Waals surface area contributed by atoms with E-state index in [1.165, 1.54) is 126 Å². The fourth-order valence-corrected chi connectivity index (χ4v) is 12.1. The summed E-state index contributed by atoms with van der Waals surface area (Å²) in [5.41, 5.74) is 15.8. The van der Waals surface area contributed by atoms with Gasteiger partial charge < -0.3 is 4.90 Å². The first kappa shape index (κ1) is 40.3. The zero-order chi connectivity index (χ0) is 46.5. The van der Waals surface area contributed by atoms with Gasteiger partial charge in [0, 0.05) is 21.9 Å². The molecule has 13 aromatic carbocycles. The van der Waals surface area contributed by atoms with E-state index in [0.717, 1.165) is 11.4 Å². The summed E-state index contributed by atoms with van der Waals surface area (Å²) in [6, 6.07) is 93.0. The summed E-state index contributed by atoms with van der Waals surface area (Å²) >= 11 is 0. The third kappa shape index (κ3) is 6.11. The van der Waals surface area contributed by atoms with Crippen LogP contribution < -0.4 is 4.90 Å². The molecule has 1 nitrogen and oxygen atoms in total. The van der Waals surface area contributed by atoms with E-state index in [2.05, 4.69) is 267 Å². The van der Waals surface area contributed by atoms with E-state index in [0.29, 0.717) is 0 Å². The summed E-state index contributed by atoms with van der Waals surface area (Å²) in [6.45, 7) is 4.76. The van der Waals surface area contributed by atoms with Gasteiger partial charge in [0.15, 0.2) is 0 Å². The Hall–Kier alpha value is -8.78. The van der Waals surface area contributed by atoms with Gasteiger partial charge in [0.2, 0.25) is 0 Å². The Morgan fingerprint density at radius 1 is 0.271 bits per heavy atom. The van der Waals surface area contributed by atoms with Gasteiger partial charge in [0.05, 0.1) is 17.1 Å². The summed E-state index contributed by atoms with van der Waals surface area (Å²) in [6.07, 6.45) is 0. The highest BCUT2D eigenvalue weighted by atomic mass is 15.2. The molecule has 1 aliphatic rings. The van der Waals surface area contributed by atoms with Gasteiger partial charge >= 0.3 is 0 Å². The Kier molecular flexibility index (Phi) is 9.00. The fraction of sp³-hybridized carbons (Fsp3) is 0.0435. The van der Waals surface area contributed by atoms with Crippen molar-refractivity contribution in [2.45, 2.75) is 19.3 Å². The minimum Gasteiger partial charge on any atom is -0.309 e. The number of rotatable bonds is 6. The average molecular weight is 890 g/mol. The van der Waals surface area contributed by atoms with Gasteiger partial charge in [-0.2, -0.15) is 0 Å². The minimum absolute atomic E-state index is 0.176. The quantitative estimate of drug-likeness (QED) is 0.150. The Balaban J connectivity index is 1.08. The van der Waals surface area contributed by atoms with E-state index in [-0.39, 0.29) is 5.41 Å². The number of hydrogen-bond acceptors (Lipinski definition) is 1. The first-order valence-electron chi connectivity index (χ1n) is 24.5. The molecule has 0 amide bonds. The van der Waals surface area contributed by atoms with E-state index in [1.807, 2.05) is 0 Å². The largest absolute Gasteiger partial charge is 0.309 e. The molecule has 0 N–H and O–H groups in total. The van der Waals surface area contributed by atoms with Gasteiger partial charge in [-0.25, -0.2) is 0 Å². The lowest BCUT2D eigenvalue weighted by molar-refractivity contribution is 0.660. The van der Waals surface area contributed by atoms with Crippen LogP contribution in [0.25, 0.3) is 109 Å². The summed E-state index contributed by atoms with van der Waals surface area (Å²) in [5.74, 6) is 0. The van der Waals surface area contributed by atoms with Crippen LogP contribution >= 0.6 is 0 Å². The highest BCUT2D eigenvalue weighted by molar-refractivity contribution is 6.22. The maximum atomic E-state index is 2.60. The molecule has 0 bridgehead atoms. The van der Waals surface area contributed by atoms with Gasteiger partial charge in [-0.3, -0.25) is 0 Å². The second-order valence-corrected chi connectivity index (χ2v) is 19.6. The van der Waals surface area contributed by atoms with Crippen LogP contribution in [0.15, 0.2) is 249 Å². The second kappa shape index (κ2) is 15.6. The number of hydrogen-bond donors (Lipinski definition) is 0. The molecule has 328 valence electrons. The Bertz CT molecular complexity index is 4280. The summed E-state index contributed by atoms with van der Waals surface area (Å²) in [5, 5.41) is 14.8. The standard InChI is InChI=1S/C69H47N/c1-69(2)62-33-14-13-29-59(62)68-63(69)34-17-35-65(68)70(66-43-48-22-6-5-21-47(48)41-60(66)50-37-36-44-18-3-4-20-46(44)40-50)64-39-38-55(54-27-11-12-28-56(54)64)58-32-16-31-57-52-26-10-8-23-49(52)42-61(67(57)58)53-30-15-24-45-19-7-9-25-51(45)53/h3-43H,1-2H3. The third-order valence-corrected chi connectivity index (χ3v) is 15.4. The third-order valence-electron chi connectivity index (χ3n) is 15.4. The lowest BCUT2D eigenvalue weighted by atomic mass is 9.82. The first-order valence-corrected chi connectivity index (χ1v) is 24.5. The zero-order valence-electron chi connectivity index (χ0n) is 39.1. The molecular weight excluding hydrogens is 843 g/mol. The van der Waals surface area contributed by atoms with Crippen LogP contribution in [-0.2, 0) is 5.41 Å². The van der Waals surface area contributed by atoms with Crippen LogP contribution in [0.4, 0.5) is 17.1 Å². The number of anilines is 3. The van der Waals surface area contributed by atoms with E-state index < -0.39 is 0 Å². The molecule has 0 aliphatic heterocycles. The maximum absolute atomic E-state index is 2.60. The van der Waals surface area contributed by atoms with E-state index in [9.17, 15) is 0 Å². The van der Waals surface area contributed by atoms with Crippen molar-refractivity contribution in [3.05, 3.63) is 260 Å². The number of benzene rings is 13. The Morgan fingerprint density at radius 2 is 0.814 bits per heavy atom. The highest BCUT2D eigenvalue weighted by Crippen LogP contribution is 2.56. The van der Waals surface area contributed by atoms with Crippen LogP contribution in [-0.4, -0.2) is 0 Å². The van der Waals surface area contributed by atoms with Crippen LogP contribution in [0.5, 0.6) is 0 Å². The minimum atomic E-state index is -0.176. The molecule has 0 unspecified atom stereocenters. The van der Waals surface area contributed by atoms with Crippen molar-refractivity contribution < 1.29 is 0 Å². The van der Waals surface area contributed by atoms with Crippen molar-refractivity contribution in [1.82, 2.24) is 0 Å². The van der Waals surface area contributed by atoms with Gasteiger partial charge in [-0.05, 0) is 140 Å². The van der Waals surface area contributed by atoms with Crippen molar-refractivity contribution in [2.24, 2.45) is 0 Å². The first-order chi connectivity index (χ1) is 34.5. The lowest BCUT2D eigenvalue weighted by Gasteiger charge is -2.32. The van der Waals surface area contributed by atoms with Crippen LogP contribution in [0.1, 0.15) is 25.0 Å². The van der Waals surface area contributed by atoms with E-state index in [1.54, 1.807) is 0 Å². The van der Waals surface area contributed by atoms with Gasteiger partial charge in [0.25, 0.3) is 0 Å². The number of fused-ring (bicyclic) bond motifs is 10. The summed E-state index contributed by atoms with van der Waals surface area (Å²) in [7, 11) is 0. The molecule has 0 atom stereocenters. The highest BCUT2D eigenvalue weighted by Gasteiger charge is 2.38. The van der Waals surface area contributed by atoms with Crippen LogP contribution in [0, 0.1) is 0 Å². The summed E-state index contributed by atoms with van der Waals surface area (Å²) < 4.78 is 0. The molecule has 0 spiro atoms. The average Bonchev–Trinajstić information content (AvgIpc) is 3.66. The van der Waals surface area contributed by atoms with E-state index in [4.69, 9.17) is 0 Å². The topological polar surface area (TPSA) is 3.24 Å². The SMILES string of the molecule is CC1(C)c2ccccc2-c2c(N(c3cc4ccccc4cc3-c3ccc4ccccc4c3)c3ccc(-c4cccc5c4c(-c4cccc6ccccc46)cc4ccccc45)c4ccccc34)cccc21. The monoisotopic (exact) mass is 889 g/mol. The molecule has 1 aliphatic carbocycles.